The summed E-state index contributed by atoms with van der Waals surface area (Å²) in [4.78, 5) is 17.5. The van der Waals surface area contributed by atoms with Gasteiger partial charge in [-0.25, -0.2) is 9.78 Å². The van der Waals surface area contributed by atoms with Crippen molar-refractivity contribution in [1.29, 1.82) is 0 Å². The summed E-state index contributed by atoms with van der Waals surface area (Å²) in [7, 11) is 0. The van der Waals surface area contributed by atoms with E-state index in [1.165, 1.54) is 0 Å². The van der Waals surface area contributed by atoms with Gasteiger partial charge in [0, 0.05) is 31.6 Å². The van der Waals surface area contributed by atoms with Gasteiger partial charge in [-0.3, -0.25) is 0 Å². The summed E-state index contributed by atoms with van der Waals surface area (Å²) < 4.78 is 4.90. The van der Waals surface area contributed by atoms with E-state index in [9.17, 15) is 4.79 Å². The lowest BCUT2D eigenvalue weighted by atomic mass is 10.2. The quantitative estimate of drug-likeness (QED) is 0.811. The van der Waals surface area contributed by atoms with Gasteiger partial charge in [0.1, 0.15) is 0 Å². The van der Waals surface area contributed by atoms with Crippen LogP contribution in [-0.2, 0) is 0 Å². The van der Waals surface area contributed by atoms with E-state index in [0.29, 0.717) is 5.82 Å². The Morgan fingerprint density at radius 2 is 2.05 bits per heavy atom. The number of pyridine rings is 1. The highest BCUT2D eigenvalue weighted by molar-refractivity contribution is 5.84. The van der Waals surface area contributed by atoms with Gasteiger partial charge in [0.15, 0.2) is 11.6 Å². The van der Waals surface area contributed by atoms with E-state index in [1.807, 2.05) is 29.2 Å². The molecule has 1 fully saturated rings. The van der Waals surface area contributed by atoms with Crippen LogP contribution in [0.2, 0.25) is 0 Å². The van der Waals surface area contributed by atoms with E-state index in [1.54, 1.807) is 6.07 Å². The molecule has 104 valence electrons. The third kappa shape index (κ3) is 2.50. The maximum Gasteiger partial charge on any atom is 0.511 e. The fourth-order valence-electron chi connectivity index (χ4n) is 2.36. The van der Waals surface area contributed by atoms with Crippen molar-refractivity contribution >= 4 is 22.9 Å². The van der Waals surface area contributed by atoms with E-state index < -0.39 is 6.16 Å². The van der Waals surface area contributed by atoms with Crippen LogP contribution in [0.4, 0.5) is 10.6 Å². The number of rotatable bonds is 2. The number of hydrogen-bond acceptors (Lipinski definition) is 5. The molecule has 0 unspecified atom stereocenters. The molecule has 2 N–H and O–H groups in total. The Kier molecular flexibility index (Phi) is 3.39. The molecule has 1 aliphatic rings. The predicted molar refractivity (Wildman–Crippen MR) is 75.5 cm³/mol. The molecule has 2 heterocycles. The zero-order valence-electron chi connectivity index (χ0n) is 10.9. The number of carbonyl (C=O) groups is 1. The molecule has 0 saturated carbocycles. The molecule has 1 aliphatic heterocycles. The van der Waals surface area contributed by atoms with E-state index in [2.05, 4.69) is 10.3 Å². The maximum atomic E-state index is 10.9. The lowest BCUT2D eigenvalue weighted by Crippen LogP contribution is -2.44. The van der Waals surface area contributed by atoms with Gasteiger partial charge >= 0.3 is 6.16 Å². The summed E-state index contributed by atoms with van der Waals surface area (Å²) in [5.41, 5.74) is 0.832. The molecule has 1 aromatic carbocycles. The fraction of sp³-hybridized carbons (Fsp3) is 0.286. The van der Waals surface area contributed by atoms with E-state index >= 15 is 0 Å². The third-order valence-electron chi connectivity index (χ3n) is 3.28. The zero-order valence-corrected chi connectivity index (χ0v) is 10.9. The Morgan fingerprint density at radius 1 is 1.30 bits per heavy atom. The first-order valence-corrected chi connectivity index (χ1v) is 6.50. The topological polar surface area (TPSA) is 74.7 Å². The Morgan fingerprint density at radius 3 is 2.80 bits per heavy atom. The molecule has 2 aromatic rings. The lowest BCUT2D eigenvalue weighted by molar-refractivity contribution is 0.144. The summed E-state index contributed by atoms with van der Waals surface area (Å²) in [5, 5.41) is 13.0. The van der Waals surface area contributed by atoms with Crippen molar-refractivity contribution in [3.63, 3.8) is 0 Å². The molecule has 20 heavy (non-hydrogen) atoms. The number of ether oxygens (including phenoxy) is 1. The van der Waals surface area contributed by atoms with Crippen molar-refractivity contribution in [1.82, 2.24) is 10.3 Å². The highest BCUT2D eigenvalue weighted by Gasteiger charge is 2.19. The van der Waals surface area contributed by atoms with Crippen LogP contribution >= 0.6 is 0 Å². The number of aromatic nitrogens is 1. The monoisotopic (exact) mass is 273 g/mol. The molecule has 0 spiro atoms. The van der Waals surface area contributed by atoms with Gasteiger partial charge in [-0.2, -0.15) is 0 Å². The van der Waals surface area contributed by atoms with Gasteiger partial charge < -0.3 is 20.1 Å². The Balaban J connectivity index is 2.07. The Hall–Kier alpha value is -2.34. The highest BCUT2D eigenvalue weighted by atomic mass is 16.7. The molecule has 6 heteroatoms. The molecule has 6 nitrogen and oxygen atoms in total. The number of benzene rings is 1. The van der Waals surface area contributed by atoms with E-state index in [0.717, 1.165) is 37.1 Å². The molecule has 0 bridgehead atoms. The second kappa shape index (κ2) is 5.34. The van der Waals surface area contributed by atoms with Crippen molar-refractivity contribution in [3.05, 3.63) is 30.3 Å². The van der Waals surface area contributed by atoms with Crippen molar-refractivity contribution in [2.24, 2.45) is 0 Å². The number of nitrogens with one attached hydrogen (secondary N) is 1. The molecule has 1 saturated heterocycles. The third-order valence-corrected chi connectivity index (χ3v) is 3.28. The molecule has 0 aliphatic carbocycles. The van der Waals surface area contributed by atoms with Crippen LogP contribution in [0.25, 0.3) is 10.9 Å². The summed E-state index contributed by atoms with van der Waals surface area (Å²) in [6.45, 7) is 3.25. The summed E-state index contributed by atoms with van der Waals surface area (Å²) in [5.74, 6) is 0.880. The van der Waals surface area contributed by atoms with Crippen molar-refractivity contribution in [2.75, 3.05) is 31.1 Å². The van der Waals surface area contributed by atoms with Crippen LogP contribution in [0.1, 0.15) is 0 Å². The lowest BCUT2D eigenvalue weighted by Gasteiger charge is -2.29. The fourth-order valence-corrected chi connectivity index (χ4v) is 2.36. The second-order valence-corrected chi connectivity index (χ2v) is 4.61. The van der Waals surface area contributed by atoms with Gasteiger partial charge in [0.05, 0.1) is 5.52 Å². The van der Waals surface area contributed by atoms with Gasteiger partial charge in [-0.05, 0) is 12.1 Å². The van der Waals surface area contributed by atoms with Crippen LogP contribution in [0.3, 0.4) is 0 Å². The van der Waals surface area contributed by atoms with Gasteiger partial charge in [0.2, 0.25) is 0 Å². The normalized spacial score (nSPS) is 15.3. The minimum atomic E-state index is -1.32. The molecule has 0 atom stereocenters. The summed E-state index contributed by atoms with van der Waals surface area (Å²) in [6, 6.07) is 9.33. The van der Waals surface area contributed by atoms with Gasteiger partial charge in [-0.15, -0.1) is 0 Å². The van der Waals surface area contributed by atoms with Crippen molar-refractivity contribution in [2.45, 2.75) is 0 Å². The van der Waals surface area contributed by atoms with Crippen LogP contribution in [0.15, 0.2) is 30.3 Å². The minimum absolute atomic E-state index is 0.290. The number of hydrogen-bond donors (Lipinski definition) is 2. The maximum absolute atomic E-state index is 10.9. The van der Waals surface area contributed by atoms with Crippen LogP contribution in [0.5, 0.6) is 5.75 Å². The summed E-state index contributed by atoms with van der Waals surface area (Å²) in [6.07, 6.45) is -1.32. The number of nitrogens with zero attached hydrogens (tertiary/aromatic N) is 2. The van der Waals surface area contributed by atoms with Gasteiger partial charge in [-0.1, -0.05) is 18.2 Å². The number of piperazine rings is 1. The largest absolute Gasteiger partial charge is 0.511 e. The van der Waals surface area contributed by atoms with Crippen LogP contribution in [0, 0.1) is 0 Å². The Bertz CT molecular complexity index is 639. The number of fused-ring (bicyclic) bond motifs is 1. The van der Waals surface area contributed by atoms with E-state index in [-0.39, 0.29) is 5.75 Å². The molecular weight excluding hydrogens is 258 g/mol. The zero-order chi connectivity index (χ0) is 13.9. The molecule has 1 aromatic heterocycles. The van der Waals surface area contributed by atoms with Crippen LogP contribution < -0.4 is 15.0 Å². The Labute approximate surface area is 116 Å². The molecule has 3 rings (SSSR count). The van der Waals surface area contributed by atoms with Gasteiger partial charge in [0.25, 0.3) is 0 Å². The highest BCUT2D eigenvalue weighted by Crippen LogP contribution is 2.30. The van der Waals surface area contributed by atoms with Crippen molar-refractivity contribution < 1.29 is 14.6 Å². The predicted octanol–water partition coefficient (Wildman–Crippen LogP) is 1.70. The second-order valence-electron chi connectivity index (χ2n) is 4.61. The molecule has 0 amide bonds. The standard InChI is InChI=1S/C14H15N3O3/c18-14(19)20-12-9-10-3-1-2-4-11(10)16-13(12)17-7-5-15-6-8-17/h1-4,9,15H,5-8H2,(H,18,19). The first kappa shape index (κ1) is 12.7. The SMILES string of the molecule is O=C(O)Oc1cc2ccccc2nc1N1CCNCC1. The first-order valence-electron chi connectivity index (χ1n) is 6.50. The number of carboxylic acid groups (broad SMARTS) is 1. The average molecular weight is 273 g/mol. The number of para-hydroxylation sites is 1. The smallest absolute Gasteiger partial charge is 0.449 e. The number of anilines is 1. The first-order chi connectivity index (χ1) is 9.74. The van der Waals surface area contributed by atoms with Crippen LogP contribution in [-0.4, -0.2) is 42.4 Å². The summed E-state index contributed by atoms with van der Waals surface area (Å²) >= 11 is 0. The average Bonchev–Trinajstić information content (AvgIpc) is 2.47. The van der Waals surface area contributed by atoms with Crippen molar-refractivity contribution in [3.8, 4) is 5.75 Å². The molecule has 0 radical (unpaired) electrons. The van der Waals surface area contributed by atoms with E-state index in [4.69, 9.17) is 9.84 Å². The minimum Gasteiger partial charge on any atom is -0.449 e. The molecular formula is C14H15N3O3.